The first kappa shape index (κ1) is 23.5. The van der Waals surface area contributed by atoms with Gasteiger partial charge in [-0.25, -0.2) is 4.98 Å². The van der Waals surface area contributed by atoms with E-state index in [1.54, 1.807) is 0 Å². The molecule has 0 N–H and O–H groups in total. The number of aromatic nitrogens is 5. The topological polar surface area (TPSA) is 48.5 Å². The van der Waals surface area contributed by atoms with Crippen molar-refractivity contribution >= 4 is 43.6 Å². The Morgan fingerprint density at radius 2 is 0.880 bits per heavy atom. The van der Waals surface area contributed by atoms with Crippen molar-refractivity contribution in [3.05, 3.63) is 176 Å². The molecule has 7 aromatic carbocycles. The summed E-state index contributed by atoms with van der Waals surface area (Å²) in [5, 5.41) is 4.10. The van der Waals surface area contributed by atoms with Crippen LogP contribution in [0.5, 0.6) is 0 Å². The van der Waals surface area contributed by atoms with Gasteiger partial charge in [0.2, 0.25) is 5.95 Å². The molecule has 0 saturated heterocycles. The van der Waals surface area contributed by atoms with Crippen molar-refractivity contribution in [3.8, 4) is 45.5 Å². The van der Waals surface area contributed by atoms with Crippen molar-refractivity contribution in [1.29, 1.82) is 0 Å². The third kappa shape index (κ3) is 4.45. The van der Waals surface area contributed by atoms with Gasteiger partial charge in [0, 0.05) is 38.4 Å². The Balaban J connectivity index is 1.34. The van der Waals surface area contributed by atoms with Crippen LogP contribution in [0.2, 0.25) is 0 Å². The molecule has 0 spiro atoms. The van der Waals surface area contributed by atoms with Crippen LogP contribution >= 0.6 is 0 Å². The van der Waals surface area contributed by atoms with Crippen LogP contribution in [0.3, 0.4) is 0 Å². The number of hydrogen-bond acceptors (Lipinski definition) is 3. The summed E-state index contributed by atoms with van der Waals surface area (Å²) in [6.45, 7) is 0. The second kappa shape index (κ2) is 11.4. The van der Waals surface area contributed by atoms with Crippen LogP contribution < -0.4 is 0 Å². The molecule has 5 heteroatoms. The third-order valence-electron chi connectivity index (χ3n) is 9.28. The smallest absolute Gasteiger partial charge is 0.238 e. The first-order chi connectivity index (χ1) is 26.9. The predicted molar refractivity (Wildman–Crippen MR) is 205 cm³/mol. The molecule has 0 radical (unpaired) electrons. The van der Waals surface area contributed by atoms with Gasteiger partial charge in [-0.1, -0.05) is 152 Å². The fraction of sp³-hybridized carbons (Fsp3) is 0. The number of benzene rings is 7. The lowest BCUT2D eigenvalue weighted by atomic mass is 10.1. The van der Waals surface area contributed by atoms with E-state index >= 15 is 0 Å². The van der Waals surface area contributed by atoms with Gasteiger partial charge in [-0.15, -0.1) is 0 Å². The fourth-order valence-electron chi connectivity index (χ4n) is 7.06. The zero-order chi connectivity index (χ0) is 37.4. The zero-order valence-corrected chi connectivity index (χ0v) is 26.6. The Morgan fingerprint density at radius 1 is 0.380 bits per heavy atom. The standard InChI is InChI=1S/C45H29N5/c1-4-14-30(15-5-1)31-24-26-34(27-25-31)49-39-22-12-10-20-35(39)37-28-29-38-36-21-11-13-23-40(36)50(42(38)41(37)49)45-47-43(32-16-6-2-7-17-32)46-44(48-45)33-18-8-3-9-19-33/h1-29H/i2D,6D,7D,16D,17D. The predicted octanol–water partition coefficient (Wildman–Crippen LogP) is 11.1. The Bertz CT molecular complexity index is 3110. The van der Waals surface area contributed by atoms with E-state index in [-0.39, 0.29) is 29.4 Å². The lowest BCUT2D eigenvalue weighted by Crippen LogP contribution is -2.07. The van der Waals surface area contributed by atoms with E-state index in [0.717, 1.165) is 60.4 Å². The molecule has 10 rings (SSSR count). The van der Waals surface area contributed by atoms with E-state index in [1.165, 1.54) is 0 Å². The minimum Gasteiger partial charge on any atom is -0.307 e. The van der Waals surface area contributed by atoms with Gasteiger partial charge in [0.25, 0.3) is 0 Å². The summed E-state index contributed by atoms with van der Waals surface area (Å²) in [5.41, 5.74) is 7.53. The van der Waals surface area contributed by atoms with Crippen molar-refractivity contribution in [2.45, 2.75) is 0 Å². The van der Waals surface area contributed by atoms with Crippen LogP contribution in [0.1, 0.15) is 6.85 Å². The Hall–Kier alpha value is -6.85. The van der Waals surface area contributed by atoms with E-state index in [0.29, 0.717) is 11.4 Å². The minimum absolute atomic E-state index is 0.0176. The lowest BCUT2D eigenvalue weighted by molar-refractivity contribution is 0.953. The summed E-state index contributed by atoms with van der Waals surface area (Å²) < 4.78 is 47.1. The first-order valence-electron chi connectivity index (χ1n) is 18.9. The molecule has 0 atom stereocenters. The van der Waals surface area contributed by atoms with Gasteiger partial charge in [-0.2, -0.15) is 9.97 Å². The van der Waals surface area contributed by atoms with Gasteiger partial charge >= 0.3 is 0 Å². The lowest BCUT2D eigenvalue weighted by Gasteiger charge is -2.13. The number of hydrogen-bond donors (Lipinski definition) is 0. The molecular formula is C45H29N5. The van der Waals surface area contributed by atoms with E-state index < -0.39 is 18.1 Å². The Labute approximate surface area is 295 Å². The fourth-order valence-corrected chi connectivity index (χ4v) is 7.06. The van der Waals surface area contributed by atoms with Crippen LogP contribution in [0.15, 0.2) is 176 Å². The molecular weight excluding hydrogens is 611 g/mol. The molecule has 10 aromatic rings. The number of nitrogens with zero attached hydrogens (tertiary/aromatic N) is 5. The average Bonchev–Trinajstić information content (AvgIpc) is 3.76. The van der Waals surface area contributed by atoms with E-state index in [4.69, 9.17) is 21.8 Å². The summed E-state index contributed by atoms with van der Waals surface area (Å²) in [6, 6.07) is 46.9. The molecule has 0 unspecified atom stereocenters. The van der Waals surface area contributed by atoms with Gasteiger partial charge in [-0.05, 0) is 35.4 Å². The van der Waals surface area contributed by atoms with Crippen LogP contribution in [-0.2, 0) is 0 Å². The number of fused-ring (bicyclic) bond motifs is 7. The van der Waals surface area contributed by atoms with Crippen LogP contribution in [0.25, 0.3) is 89.2 Å². The number of rotatable bonds is 5. The van der Waals surface area contributed by atoms with E-state index in [9.17, 15) is 0 Å². The van der Waals surface area contributed by atoms with Crippen molar-refractivity contribution in [3.63, 3.8) is 0 Å². The summed E-state index contributed by atoms with van der Waals surface area (Å²) in [7, 11) is 0. The minimum atomic E-state index is -0.481. The molecule has 50 heavy (non-hydrogen) atoms. The largest absolute Gasteiger partial charge is 0.307 e. The monoisotopic (exact) mass is 644 g/mol. The van der Waals surface area contributed by atoms with E-state index in [2.05, 4.69) is 77.4 Å². The Kier molecular flexibility index (Phi) is 5.35. The summed E-state index contributed by atoms with van der Waals surface area (Å²) in [5.74, 6) is 0.546. The maximum atomic E-state index is 8.84. The highest BCUT2D eigenvalue weighted by molar-refractivity contribution is 6.23. The molecule has 0 amide bonds. The third-order valence-corrected chi connectivity index (χ3v) is 9.28. The van der Waals surface area contributed by atoms with Crippen molar-refractivity contribution < 1.29 is 6.85 Å². The summed E-state index contributed by atoms with van der Waals surface area (Å²) in [4.78, 5) is 14.8. The van der Waals surface area contributed by atoms with Crippen LogP contribution in [-0.4, -0.2) is 24.1 Å². The Morgan fingerprint density at radius 3 is 1.52 bits per heavy atom. The zero-order valence-electron chi connectivity index (χ0n) is 31.6. The summed E-state index contributed by atoms with van der Waals surface area (Å²) >= 11 is 0. The molecule has 0 aliphatic carbocycles. The van der Waals surface area contributed by atoms with Gasteiger partial charge in [0.1, 0.15) is 0 Å². The molecule has 3 heterocycles. The molecule has 0 bridgehead atoms. The van der Waals surface area contributed by atoms with E-state index in [1.807, 2.05) is 77.4 Å². The first-order valence-corrected chi connectivity index (χ1v) is 16.4. The molecule has 0 fully saturated rings. The maximum Gasteiger partial charge on any atom is 0.238 e. The highest BCUT2D eigenvalue weighted by atomic mass is 15.2. The molecule has 5 nitrogen and oxygen atoms in total. The van der Waals surface area contributed by atoms with Crippen LogP contribution in [0.4, 0.5) is 0 Å². The highest BCUT2D eigenvalue weighted by Gasteiger charge is 2.23. The molecule has 0 aliphatic heterocycles. The van der Waals surface area contributed by atoms with Gasteiger partial charge in [0.15, 0.2) is 11.6 Å². The van der Waals surface area contributed by atoms with Crippen LogP contribution in [0, 0.1) is 0 Å². The van der Waals surface area contributed by atoms with Crippen molar-refractivity contribution in [2.75, 3.05) is 0 Å². The second-order valence-corrected chi connectivity index (χ2v) is 12.1. The van der Waals surface area contributed by atoms with Crippen molar-refractivity contribution in [1.82, 2.24) is 24.1 Å². The molecule has 234 valence electrons. The maximum absolute atomic E-state index is 8.84. The summed E-state index contributed by atoms with van der Waals surface area (Å²) in [6.07, 6.45) is 0. The molecule has 0 saturated carbocycles. The van der Waals surface area contributed by atoms with Gasteiger partial charge in [-0.3, -0.25) is 4.57 Å². The molecule has 0 aliphatic rings. The highest BCUT2D eigenvalue weighted by Crippen LogP contribution is 2.41. The van der Waals surface area contributed by atoms with Gasteiger partial charge in [0.05, 0.1) is 28.9 Å². The van der Waals surface area contributed by atoms with Crippen molar-refractivity contribution in [2.24, 2.45) is 0 Å². The van der Waals surface area contributed by atoms with Gasteiger partial charge < -0.3 is 4.57 Å². The quantitative estimate of drug-likeness (QED) is 0.187. The SMILES string of the molecule is [2H]c1c([2H])c([2H])c(-c2nc(-c3ccccc3)nc(-n3c4ccccc4c4ccc5c6ccccc6n(-c6ccc(-c7ccccc7)cc6)c5c43)n2)c([2H])c1[2H]. The normalized spacial score (nSPS) is 13.0. The average molecular weight is 645 g/mol. The second-order valence-electron chi connectivity index (χ2n) is 12.1. The number of para-hydroxylation sites is 2. The molecule has 3 aromatic heterocycles.